The predicted molar refractivity (Wildman–Crippen MR) is 112 cm³/mol. The van der Waals surface area contributed by atoms with Gasteiger partial charge >= 0.3 is 0 Å². The molecule has 0 aromatic heterocycles. The number of hydrogen-bond acceptors (Lipinski definition) is 3. The highest BCUT2D eigenvalue weighted by molar-refractivity contribution is 6.45. The summed E-state index contributed by atoms with van der Waals surface area (Å²) in [7, 11) is 0. The third-order valence-electron chi connectivity index (χ3n) is 5.69. The Morgan fingerprint density at radius 2 is 1.46 bits per heavy atom. The molecule has 2 heterocycles. The van der Waals surface area contributed by atoms with E-state index in [1.165, 1.54) is 4.90 Å². The normalized spacial score (nSPS) is 18.4. The minimum atomic E-state index is -0.227. The SMILES string of the molecule is Cc1cc(C)cc(N2C(=O)C(c3ccccc3)=C(N3CCC(C)CC3)C2=O)c1. The van der Waals surface area contributed by atoms with Gasteiger partial charge in [-0.2, -0.15) is 0 Å². The topological polar surface area (TPSA) is 40.6 Å². The van der Waals surface area contributed by atoms with Crippen molar-refractivity contribution in [1.82, 2.24) is 4.90 Å². The standard InChI is InChI=1S/C24H26N2O2/c1-16-9-11-25(12-10-16)22-21(19-7-5-4-6-8-19)23(27)26(24(22)28)20-14-17(2)13-18(3)15-20/h4-8,13-16H,9-12H2,1-3H3. The number of anilines is 1. The molecule has 4 nitrogen and oxygen atoms in total. The number of hydrogen-bond donors (Lipinski definition) is 0. The highest BCUT2D eigenvalue weighted by atomic mass is 16.2. The molecule has 28 heavy (non-hydrogen) atoms. The molecule has 144 valence electrons. The number of piperidine rings is 1. The molecule has 2 aromatic rings. The fourth-order valence-electron chi connectivity index (χ4n) is 4.22. The molecule has 0 N–H and O–H groups in total. The summed E-state index contributed by atoms with van der Waals surface area (Å²) in [6.45, 7) is 7.84. The fraction of sp³-hybridized carbons (Fsp3) is 0.333. The lowest BCUT2D eigenvalue weighted by Gasteiger charge is -2.32. The van der Waals surface area contributed by atoms with E-state index in [0.717, 1.165) is 42.6 Å². The van der Waals surface area contributed by atoms with E-state index in [2.05, 4.69) is 11.8 Å². The third-order valence-corrected chi connectivity index (χ3v) is 5.69. The number of aryl methyl sites for hydroxylation is 2. The van der Waals surface area contributed by atoms with Crippen LogP contribution in [-0.2, 0) is 9.59 Å². The van der Waals surface area contributed by atoms with Gasteiger partial charge in [-0.3, -0.25) is 9.59 Å². The van der Waals surface area contributed by atoms with Gasteiger partial charge in [-0.15, -0.1) is 0 Å². The van der Waals surface area contributed by atoms with E-state index in [1.54, 1.807) is 0 Å². The van der Waals surface area contributed by atoms with Crippen molar-refractivity contribution < 1.29 is 9.59 Å². The van der Waals surface area contributed by atoms with Crippen molar-refractivity contribution in [1.29, 1.82) is 0 Å². The molecule has 1 saturated heterocycles. The van der Waals surface area contributed by atoms with Crippen LogP contribution in [0.3, 0.4) is 0 Å². The predicted octanol–water partition coefficient (Wildman–Crippen LogP) is 4.32. The van der Waals surface area contributed by atoms with Gasteiger partial charge in [0.15, 0.2) is 0 Å². The number of likely N-dealkylation sites (tertiary alicyclic amines) is 1. The van der Waals surface area contributed by atoms with Gasteiger partial charge in [-0.25, -0.2) is 4.90 Å². The van der Waals surface area contributed by atoms with Gasteiger partial charge in [0.2, 0.25) is 0 Å². The Labute approximate surface area is 166 Å². The quantitative estimate of drug-likeness (QED) is 0.751. The Morgan fingerprint density at radius 1 is 0.857 bits per heavy atom. The van der Waals surface area contributed by atoms with E-state index in [-0.39, 0.29) is 11.8 Å². The number of nitrogens with zero attached hydrogens (tertiary/aromatic N) is 2. The smallest absolute Gasteiger partial charge is 0.282 e. The van der Waals surface area contributed by atoms with Gasteiger partial charge in [-0.05, 0) is 61.4 Å². The average molecular weight is 374 g/mol. The Balaban J connectivity index is 1.81. The van der Waals surface area contributed by atoms with Crippen LogP contribution in [0.25, 0.3) is 5.57 Å². The fourth-order valence-corrected chi connectivity index (χ4v) is 4.22. The number of carbonyl (C=O) groups excluding carboxylic acids is 2. The second kappa shape index (κ2) is 7.27. The summed E-state index contributed by atoms with van der Waals surface area (Å²) >= 11 is 0. The number of carbonyl (C=O) groups is 2. The first-order valence-corrected chi connectivity index (χ1v) is 9.97. The molecule has 0 bridgehead atoms. The van der Waals surface area contributed by atoms with Crippen molar-refractivity contribution in [2.75, 3.05) is 18.0 Å². The van der Waals surface area contributed by atoms with Crippen molar-refractivity contribution in [3.8, 4) is 0 Å². The molecule has 2 aliphatic rings. The van der Waals surface area contributed by atoms with Gasteiger partial charge in [-0.1, -0.05) is 43.3 Å². The first-order chi connectivity index (χ1) is 13.5. The average Bonchev–Trinajstić information content (AvgIpc) is 2.93. The van der Waals surface area contributed by atoms with Crippen molar-refractivity contribution in [2.24, 2.45) is 5.92 Å². The van der Waals surface area contributed by atoms with Crippen LogP contribution in [0.5, 0.6) is 0 Å². The van der Waals surface area contributed by atoms with Gasteiger partial charge in [0.25, 0.3) is 11.8 Å². The lowest BCUT2D eigenvalue weighted by Crippen LogP contribution is -2.38. The lowest BCUT2D eigenvalue weighted by atomic mass is 9.97. The van der Waals surface area contributed by atoms with Gasteiger partial charge < -0.3 is 4.90 Å². The third kappa shape index (κ3) is 3.24. The molecular weight excluding hydrogens is 348 g/mol. The van der Waals surface area contributed by atoms with Crippen molar-refractivity contribution in [3.05, 3.63) is 70.9 Å². The summed E-state index contributed by atoms with van der Waals surface area (Å²) in [5.41, 5.74) is 4.62. The summed E-state index contributed by atoms with van der Waals surface area (Å²) in [5, 5.41) is 0. The molecule has 0 atom stereocenters. The Morgan fingerprint density at radius 3 is 2.07 bits per heavy atom. The largest absolute Gasteiger partial charge is 0.366 e. The number of benzene rings is 2. The molecule has 1 fully saturated rings. The zero-order valence-electron chi connectivity index (χ0n) is 16.7. The zero-order valence-corrected chi connectivity index (χ0v) is 16.7. The van der Waals surface area contributed by atoms with Crippen LogP contribution in [0, 0.1) is 19.8 Å². The summed E-state index contributed by atoms with van der Waals surface area (Å²) < 4.78 is 0. The number of amides is 2. The maximum absolute atomic E-state index is 13.5. The van der Waals surface area contributed by atoms with Crippen LogP contribution < -0.4 is 4.90 Å². The zero-order chi connectivity index (χ0) is 19.8. The molecule has 2 amide bonds. The lowest BCUT2D eigenvalue weighted by molar-refractivity contribution is -0.120. The van der Waals surface area contributed by atoms with Crippen LogP contribution in [0.4, 0.5) is 5.69 Å². The van der Waals surface area contributed by atoms with E-state index in [1.807, 2.05) is 62.4 Å². The Bertz CT molecular complexity index is 934. The molecule has 4 heteroatoms. The molecule has 0 radical (unpaired) electrons. The van der Waals surface area contributed by atoms with Crippen LogP contribution in [-0.4, -0.2) is 29.8 Å². The van der Waals surface area contributed by atoms with Gasteiger partial charge in [0.1, 0.15) is 5.70 Å². The van der Waals surface area contributed by atoms with Gasteiger partial charge in [0.05, 0.1) is 11.3 Å². The van der Waals surface area contributed by atoms with E-state index < -0.39 is 0 Å². The van der Waals surface area contributed by atoms with Crippen molar-refractivity contribution in [3.63, 3.8) is 0 Å². The summed E-state index contributed by atoms with van der Waals surface area (Å²) in [6, 6.07) is 15.4. The van der Waals surface area contributed by atoms with Crippen LogP contribution in [0.1, 0.15) is 36.5 Å². The first kappa shape index (κ1) is 18.5. The van der Waals surface area contributed by atoms with Crippen LogP contribution in [0.15, 0.2) is 54.2 Å². The van der Waals surface area contributed by atoms with E-state index in [0.29, 0.717) is 22.9 Å². The van der Waals surface area contributed by atoms with Gasteiger partial charge in [0, 0.05) is 13.1 Å². The number of rotatable bonds is 3. The summed E-state index contributed by atoms with van der Waals surface area (Å²) in [6.07, 6.45) is 2.08. The first-order valence-electron chi connectivity index (χ1n) is 9.97. The molecule has 0 aliphatic carbocycles. The highest BCUT2D eigenvalue weighted by Gasteiger charge is 2.43. The van der Waals surface area contributed by atoms with E-state index >= 15 is 0 Å². The maximum atomic E-state index is 13.5. The molecule has 0 spiro atoms. The maximum Gasteiger partial charge on any atom is 0.282 e. The minimum absolute atomic E-state index is 0.205. The van der Waals surface area contributed by atoms with E-state index in [9.17, 15) is 9.59 Å². The molecule has 4 rings (SSSR count). The monoisotopic (exact) mass is 374 g/mol. The molecular formula is C24H26N2O2. The summed E-state index contributed by atoms with van der Waals surface area (Å²) in [5.74, 6) is 0.220. The number of imide groups is 1. The van der Waals surface area contributed by atoms with Crippen molar-refractivity contribution >= 4 is 23.1 Å². The Hall–Kier alpha value is -2.88. The highest BCUT2D eigenvalue weighted by Crippen LogP contribution is 2.36. The van der Waals surface area contributed by atoms with Crippen LogP contribution in [0.2, 0.25) is 0 Å². The second-order valence-corrected chi connectivity index (χ2v) is 8.05. The Kier molecular flexibility index (Phi) is 4.80. The molecule has 2 aliphatic heterocycles. The molecule has 0 saturated carbocycles. The van der Waals surface area contributed by atoms with Crippen molar-refractivity contribution in [2.45, 2.75) is 33.6 Å². The molecule has 0 unspecified atom stereocenters. The van der Waals surface area contributed by atoms with Crippen LogP contribution >= 0.6 is 0 Å². The summed E-state index contributed by atoms with van der Waals surface area (Å²) in [4.78, 5) is 30.5. The second-order valence-electron chi connectivity index (χ2n) is 8.05. The molecule has 2 aromatic carbocycles. The minimum Gasteiger partial charge on any atom is -0.366 e. The van der Waals surface area contributed by atoms with E-state index in [4.69, 9.17) is 0 Å².